The van der Waals surface area contributed by atoms with Gasteiger partial charge >= 0.3 is 0 Å². The minimum Gasteiger partial charge on any atom is -0.316 e. The Hall–Kier alpha value is -0.0800. The van der Waals surface area contributed by atoms with Crippen molar-refractivity contribution in [3.8, 4) is 0 Å². The maximum Gasteiger partial charge on any atom is 0.0163 e. The number of nitrogens with one attached hydrogen (secondary N) is 1. The fourth-order valence-corrected chi connectivity index (χ4v) is 0.639. The second kappa shape index (κ2) is 8.92. The average Bonchev–Trinajstić information content (AvgIpc) is 1.91. The molecule has 1 N–H and O–H groups in total. The summed E-state index contributed by atoms with van der Waals surface area (Å²) in [5, 5.41) is 3.15. The van der Waals surface area contributed by atoms with Crippen LogP contribution in [0.3, 0.4) is 0 Å². The number of hydrogen-bond donors (Lipinski definition) is 1. The first-order valence-electron chi connectivity index (χ1n) is 3.98. The highest BCUT2D eigenvalue weighted by molar-refractivity contribution is 4.58. The second-order valence-corrected chi connectivity index (χ2v) is 2.45. The lowest BCUT2D eigenvalue weighted by molar-refractivity contribution is 0.360. The standard InChI is InChI=1S/C6H16N2.C2H6/c1-6(7-2)5-8(3)4;1-2/h6-7H,5H2,1-4H3;1-2H3. The first kappa shape index (κ1) is 12.6. The summed E-state index contributed by atoms with van der Waals surface area (Å²) in [5.74, 6) is 0. The van der Waals surface area contributed by atoms with Gasteiger partial charge in [-0.1, -0.05) is 13.8 Å². The van der Waals surface area contributed by atoms with E-state index in [4.69, 9.17) is 0 Å². The summed E-state index contributed by atoms with van der Waals surface area (Å²) in [6, 6.07) is 0.602. The molecule has 0 aliphatic carbocycles. The average molecular weight is 146 g/mol. The van der Waals surface area contributed by atoms with Gasteiger partial charge in [-0.05, 0) is 28.1 Å². The number of rotatable bonds is 3. The lowest BCUT2D eigenvalue weighted by Gasteiger charge is -2.15. The Morgan fingerprint density at radius 3 is 1.80 bits per heavy atom. The molecule has 0 heterocycles. The van der Waals surface area contributed by atoms with E-state index < -0.39 is 0 Å². The third-order valence-electron chi connectivity index (χ3n) is 1.13. The fraction of sp³-hybridized carbons (Fsp3) is 1.00. The van der Waals surface area contributed by atoms with Crippen LogP contribution in [0.4, 0.5) is 0 Å². The van der Waals surface area contributed by atoms with Gasteiger partial charge in [0.05, 0.1) is 0 Å². The molecule has 0 bridgehead atoms. The molecule has 0 radical (unpaired) electrons. The van der Waals surface area contributed by atoms with Crippen LogP contribution in [0.5, 0.6) is 0 Å². The normalized spacial score (nSPS) is 12.3. The van der Waals surface area contributed by atoms with E-state index >= 15 is 0 Å². The lowest BCUT2D eigenvalue weighted by atomic mass is 10.3. The van der Waals surface area contributed by atoms with Crippen molar-refractivity contribution in [1.82, 2.24) is 10.2 Å². The van der Waals surface area contributed by atoms with Crippen molar-refractivity contribution < 1.29 is 0 Å². The van der Waals surface area contributed by atoms with Crippen molar-refractivity contribution in [2.24, 2.45) is 0 Å². The van der Waals surface area contributed by atoms with Gasteiger partial charge < -0.3 is 10.2 Å². The summed E-state index contributed by atoms with van der Waals surface area (Å²) in [6.07, 6.45) is 0. The predicted octanol–water partition coefficient (Wildman–Crippen LogP) is 1.18. The lowest BCUT2D eigenvalue weighted by Crippen LogP contribution is -2.33. The van der Waals surface area contributed by atoms with Gasteiger partial charge in [0.25, 0.3) is 0 Å². The van der Waals surface area contributed by atoms with Crippen molar-refractivity contribution in [1.29, 1.82) is 0 Å². The highest BCUT2D eigenvalue weighted by Crippen LogP contribution is 1.80. The molecule has 0 aromatic rings. The zero-order valence-corrected chi connectivity index (χ0v) is 8.23. The van der Waals surface area contributed by atoms with Crippen molar-refractivity contribution >= 4 is 0 Å². The zero-order valence-electron chi connectivity index (χ0n) is 8.23. The molecule has 64 valence electrons. The van der Waals surface area contributed by atoms with Gasteiger partial charge in [0.15, 0.2) is 0 Å². The Kier molecular flexibility index (Phi) is 11.2. The summed E-state index contributed by atoms with van der Waals surface area (Å²) < 4.78 is 0. The van der Waals surface area contributed by atoms with Crippen molar-refractivity contribution in [3.05, 3.63) is 0 Å². The zero-order chi connectivity index (χ0) is 8.57. The molecule has 0 aliphatic rings. The molecule has 0 saturated carbocycles. The predicted molar refractivity (Wildman–Crippen MR) is 48.4 cm³/mol. The molecule has 10 heavy (non-hydrogen) atoms. The first-order chi connectivity index (χ1) is 4.66. The molecule has 0 aromatic carbocycles. The highest BCUT2D eigenvalue weighted by atomic mass is 15.1. The van der Waals surface area contributed by atoms with E-state index in [-0.39, 0.29) is 0 Å². The van der Waals surface area contributed by atoms with E-state index in [1.807, 2.05) is 20.9 Å². The molecule has 0 amide bonds. The van der Waals surface area contributed by atoms with Crippen LogP contribution >= 0.6 is 0 Å². The third kappa shape index (κ3) is 10.8. The molecular weight excluding hydrogens is 124 g/mol. The molecule has 2 nitrogen and oxygen atoms in total. The summed E-state index contributed by atoms with van der Waals surface area (Å²) in [6.45, 7) is 7.27. The molecule has 2 heteroatoms. The summed E-state index contributed by atoms with van der Waals surface area (Å²) >= 11 is 0. The van der Waals surface area contributed by atoms with Gasteiger partial charge in [-0.25, -0.2) is 0 Å². The topological polar surface area (TPSA) is 15.3 Å². The molecule has 0 fully saturated rings. The molecule has 0 spiro atoms. The summed E-state index contributed by atoms with van der Waals surface area (Å²) in [7, 11) is 6.13. The molecular formula is C8H22N2. The van der Waals surface area contributed by atoms with Gasteiger partial charge in [-0.3, -0.25) is 0 Å². The molecule has 0 saturated heterocycles. The number of nitrogens with zero attached hydrogens (tertiary/aromatic N) is 1. The van der Waals surface area contributed by atoms with Crippen LogP contribution in [-0.2, 0) is 0 Å². The second-order valence-electron chi connectivity index (χ2n) is 2.45. The Morgan fingerprint density at radius 1 is 1.30 bits per heavy atom. The van der Waals surface area contributed by atoms with Crippen LogP contribution in [0.15, 0.2) is 0 Å². The summed E-state index contributed by atoms with van der Waals surface area (Å²) in [4.78, 5) is 2.17. The Morgan fingerprint density at radius 2 is 1.70 bits per heavy atom. The van der Waals surface area contributed by atoms with Crippen LogP contribution in [-0.4, -0.2) is 38.6 Å². The minimum absolute atomic E-state index is 0.602. The van der Waals surface area contributed by atoms with Gasteiger partial charge in [0, 0.05) is 12.6 Å². The van der Waals surface area contributed by atoms with Gasteiger partial charge in [-0.15, -0.1) is 0 Å². The van der Waals surface area contributed by atoms with Crippen molar-refractivity contribution in [2.75, 3.05) is 27.7 Å². The summed E-state index contributed by atoms with van der Waals surface area (Å²) in [5.41, 5.74) is 0. The van der Waals surface area contributed by atoms with Crippen LogP contribution in [0, 0.1) is 0 Å². The number of likely N-dealkylation sites (N-methyl/N-ethyl adjacent to an activating group) is 2. The van der Waals surface area contributed by atoms with Crippen molar-refractivity contribution in [3.63, 3.8) is 0 Å². The molecule has 0 rings (SSSR count). The van der Waals surface area contributed by atoms with E-state index in [9.17, 15) is 0 Å². The highest BCUT2D eigenvalue weighted by Gasteiger charge is 1.96. The van der Waals surface area contributed by atoms with Gasteiger partial charge in [-0.2, -0.15) is 0 Å². The van der Waals surface area contributed by atoms with Gasteiger partial charge in [0.1, 0.15) is 0 Å². The molecule has 0 aromatic heterocycles. The third-order valence-corrected chi connectivity index (χ3v) is 1.13. The van der Waals surface area contributed by atoms with Crippen molar-refractivity contribution in [2.45, 2.75) is 26.8 Å². The Balaban J connectivity index is 0. The molecule has 1 unspecified atom stereocenters. The molecule has 0 aliphatic heterocycles. The fourth-order valence-electron chi connectivity index (χ4n) is 0.639. The maximum atomic E-state index is 3.15. The van der Waals surface area contributed by atoms with E-state index in [0.29, 0.717) is 6.04 Å². The monoisotopic (exact) mass is 146 g/mol. The van der Waals surface area contributed by atoms with E-state index in [1.165, 1.54) is 0 Å². The Bertz CT molecular complexity index is 53.2. The quantitative estimate of drug-likeness (QED) is 0.643. The first-order valence-corrected chi connectivity index (χ1v) is 3.98. The minimum atomic E-state index is 0.602. The van der Waals surface area contributed by atoms with E-state index in [0.717, 1.165) is 6.54 Å². The van der Waals surface area contributed by atoms with Crippen LogP contribution in [0.1, 0.15) is 20.8 Å². The number of hydrogen-bond acceptors (Lipinski definition) is 2. The Labute approximate surface area is 65.6 Å². The maximum absolute atomic E-state index is 3.15. The largest absolute Gasteiger partial charge is 0.316 e. The molecule has 1 atom stereocenters. The van der Waals surface area contributed by atoms with E-state index in [1.54, 1.807) is 0 Å². The van der Waals surface area contributed by atoms with Gasteiger partial charge in [0.2, 0.25) is 0 Å². The van der Waals surface area contributed by atoms with Crippen LogP contribution in [0.2, 0.25) is 0 Å². The SMILES string of the molecule is CC.CNC(C)CN(C)C. The van der Waals surface area contributed by atoms with E-state index in [2.05, 4.69) is 31.2 Å². The van der Waals surface area contributed by atoms with Crippen LogP contribution < -0.4 is 5.32 Å². The van der Waals surface area contributed by atoms with Crippen LogP contribution in [0.25, 0.3) is 0 Å². The smallest absolute Gasteiger partial charge is 0.0163 e.